The minimum Gasteiger partial charge on any atom is -1.00 e. The Labute approximate surface area is 199 Å². The molecule has 3 rings (SSSR count). The summed E-state index contributed by atoms with van der Waals surface area (Å²) in [4.78, 5) is 0. The molecule has 0 spiro atoms. The van der Waals surface area contributed by atoms with Gasteiger partial charge in [0.15, 0.2) is 0 Å². The van der Waals surface area contributed by atoms with Crippen LogP contribution in [0.3, 0.4) is 0 Å². The van der Waals surface area contributed by atoms with Crippen molar-refractivity contribution < 1.29 is 48.1 Å². The largest absolute Gasteiger partial charge is 1.00 e. The second-order valence-corrected chi connectivity index (χ2v) is 16.9. The molecule has 0 unspecified atom stereocenters. The molecule has 4 heteroatoms. The summed E-state index contributed by atoms with van der Waals surface area (Å²) < 4.78 is 0. The van der Waals surface area contributed by atoms with Crippen LogP contribution in [0.1, 0.15) is 50.7 Å². The van der Waals surface area contributed by atoms with Crippen LogP contribution in [0.2, 0.25) is 13.1 Å². The van der Waals surface area contributed by atoms with E-state index in [1.165, 1.54) is 52.3 Å². The van der Waals surface area contributed by atoms with E-state index in [4.69, 9.17) is 0 Å². The van der Waals surface area contributed by atoms with Gasteiger partial charge in [-0.1, -0.05) is 81.1 Å². The van der Waals surface area contributed by atoms with Gasteiger partial charge in [-0.15, -0.1) is 28.5 Å². The summed E-state index contributed by atoms with van der Waals surface area (Å²) in [6, 6.07) is 20.3. The number of hydrogen-bond acceptors (Lipinski definition) is 0. The predicted molar refractivity (Wildman–Crippen MR) is 115 cm³/mol. The molecule has 0 aliphatic rings. The van der Waals surface area contributed by atoms with Crippen molar-refractivity contribution in [3.8, 4) is 11.1 Å². The van der Waals surface area contributed by atoms with Crippen LogP contribution in [0, 0.1) is 0 Å². The maximum Gasteiger partial charge on any atom is -1.00 e. The second kappa shape index (κ2) is 13.9. The van der Waals surface area contributed by atoms with Gasteiger partial charge in [-0.3, -0.25) is 0 Å². The monoisotopic (exact) mass is 507 g/mol. The van der Waals surface area contributed by atoms with Crippen LogP contribution in [0.4, 0.5) is 0 Å². The molecule has 0 radical (unpaired) electrons. The third-order valence-corrected chi connectivity index (χ3v) is 4.48. The first kappa shape index (κ1) is 27.7. The van der Waals surface area contributed by atoms with Gasteiger partial charge in [0.2, 0.25) is 0 Å². The van der Waals surface area contributed by atoms with Gasteiger partial charge < -0.3 is 24.8 Å². The predicted octanol–water partition coefficient (Wildman–Crippen LogP) is 1.48. The van der Waals surface area contributed by atoms with E-state index in [-0.39, 0.29) is 30.2 Å². The smallest absolute Gasteiger partial charge is 1.00 e. The van der Waals surface area contributed by atoms with Crippen molar-refractivity contribution in [3.05, 3.63) is 65.7 Å². The first-order valence-corrected chi connectivity index (χ1v) is 15.9. The Morgan fingerprint density at radius 3 is 2.14 bits per heavy atom. The van der Waals surface area contributed by atoms with Crippen LogP contribution >= 0.6 is 0 Å². The average Bonchev–Trinajstić information content (AvgIpc) is 3.02. The fourth-order valence-electron chi connectivity index (χ4n) is 3.12. The number of halogens is 2. The van der Waals surface area contributed by atoms with E-state index in [1.54, 1.807) is 23.3 Å². The van der Waals surface area contributed by atoms with Crippen LogP contribution in [-0.2, 0) is 29.8 Å². The third-order valence-electron chi connectivity index (χ3n) is 4.48. The van der Waals surface area contributed by atoms with Crippen LogP contribution in [0.5, 0.6) is 0 Å². The first-order chi connectivity index (χ1) is 12.4. The quantitative estimate of drug-likeness (QED) is 0.361. The summed E-state index contributed by atoms with van der Waals surface area (Å²) in [7, 11) is 0. The number of unbranched alkanes of at least 4 members (excludes halogenated alkanes) is 1. The van der Waals surface area contributed by atoms with E-state index in [0.29, 0.717) is 5.92 Å². The zero-order chi connectivity index (χ0) is 19.1. The van der Waals surface area contributed by atoms with E-state index in [1.807, 2.05) is 0 Å². The molecule has 3 aromatic rings. The Balaban J connectivity index is 0.00000111. The molecule has 0 atom stereocenters. The zero-order valence-electron chi connectivity index (χ0n) is 17.7. The van der Waals surface area contributed by atoms with Gasteiger partial charge in [0.1, 0.15) is 0 Å². The van der Waals surface area contributed by atoms with E-state index < -0.39 is 0 Å². The normalized spacial score (nSPS) is 10.0. The van der Waals surface area contributed by atoms with Crippen molar-refractivity contribution in [1.82, 2.24) is 0 Å². The van der Waals surface area contributed by atoms with Gasteiger partial charge in [0.25, 0.3) is 0 Å². The molecule has 0 fully saturated rings. The summed E-state index contributed by atoms with van der Waals surface area (Å²) in [5, 5.41) is 2.80. The molecule has 0 saturated heterocycles. The molecule has 0 aromatic heterocycles. The van der Waals surface area contributed by atoms with Crippen LogP contribution in [-0.4, -0.2) is 5.43 Å². The minimum atomic E-state index is 0. The molecular weight excluding hydrogens is 478 g/mol. The van der Waals surface area contributed by atoms with Crippen LogP contribution < -0.4 is 24.8 Å². The fraction of sp³-hybridized carbons (Fsp3) is 0.375. The molecule has 0 nitrogen and oxygen atoms in total. The van der Waals surface area contributed by atoms with E-state index in [0.717, 1.165) is 0 Å². The molecule has 28 heavy (non-hydrogen) atoms. The Bertz CT molecular complexity index is 850. The standard InChI is InChI=1S/C22H25.C2H6Si.2ClH.Zr/c1-4-5-9-17-12-20-14-19(16(2)3)15-22(21(20)13-17)18-10-7-6-8-11-18;1-3-2;;;/h6-8,10-16H,4-5,9H2,1-3H3;1-2H3;2*1H;/q-1;;;;+2/p-2. The molecule has 0 bridgehead atoms. The molecule has 0 amide bonds. The Morgan fingerprint density at radius 1 is 1.00 bits per heavy atom. The van der Waals surface area contributed by atoms with E-state index >= 15 is 0 Å². The van der Waals surface area contributed by atoms with Crippen molar-refractivity contribution >= 4 is 16.2 Å². The van der Waals surface area contributed by atoms with Gasteiger partial charge in [0, 0.05) is 0 Å². The van der Waals surface area contributed by atoms with E-state index in [2.05, 4.69) is 88.5 Å². The molecule has 0 aliphatic heterocycles. The van der Waals surface area contributed by atoms with Crippen molar-refractivity contribution in [2.45, 2.75) is 59.0 Å². The number of fused-ring (bicyclic) bond motifs is 1. The van der Waals surface area contributed by atoms with Gasteiger partial charge in [-0.05, 0) is 17.9 Å². The summed E-state index contributed by atoms with van der Waals surface area (Å²) in [6.45, 7) is 11.4. The SMILES string of the molecule is CCCCc1cc2c(-c3ccccc3)cc(C(C)C)cc2[cH-]1.C[Si](C)=[Zr+2].[Cl-].[Cl-]. The fourth-order valence-corrected chi connectivity index (χ4v) is 3.12. The number of aryl methyl sites for hydroxylation is 1. The first-order valence-electron chi connectivity index (χ1n) is 9.72. The second-order valence-electron chi connectivity index (χ2n) is 7.56. The van der Waals surface area contributed by atoms with Crippen molar-refractivity contribution in [2.75, 3.05) is 0 Å². The Hall–Kier alpha value is -0.270. The summed E-state index contributed by atoms with van der Waals surface area (Å²) in [6.07, 6.45) is 3.72. The molecule has 150 valence electrons. The van der Waals surface area contributed by atoms with Crippen molar-refractivity contribution in [1.29, 1.82) is 0 Å². The zero-order valence-corrected chi connectivity index (χ0v) is 22.6. The summed E-state index contributed by atoms with van der Waals surface area (Å²) >= 11 is 1.74. The maximum absolute atomic E-state index is 2.40. The molecule has 0 aliphatic carbocycles. The van der Waals surface area contributed by atoms with Crippen LogP contribution in [0.25, 0.3) is 21.9 Å². The van der Waals surface area contributed by atoms with E-state index in [9.17, 15) is 0 Å². The van der Waals surface area contributed by atoms with Gasteiger partial charge in [0.05, 0.1) is 0 Å². The number of benzene rings is 2. The Kier molecular flexibility index (Phi) is 13.7. The molecule has 3 aromatic carbocycles. The van der Waals surface area contributed by atoms with Crippen molar-refractivity contribution in [2.24, 2.45) is 0 Å². The molecule has 0 N–H and O–H groups in total. The summed E-state index contributed by atoms with van der Waals surface area (Å²) in [5.41, 5.74) is 5.82. The minimum absolute atomic E-state index is 0. The van der Waals surface area contributed by atoms with Gasteiger partial charge >= 0.3 is 41.9 Å². The Morgan fingerprint density at radius 2 is 1.61 bits per heavy atom. The number of hydrogen-bond donors (Lipinski definition) is 0. The summed E-state index contributed by atoms with van der Waals surface area (Å²) in [5.74, 6) is 0.556. The van der Waals surface area contributed by atoms with Crippen molar-refractivity contribution in [3.63, 3.8) is 0 Å². The molecule has 0 saturated carbocycles. The molecule has 0 heterocycles. The third kappa shape index (κ3) is 8.23. The maximum atomic E-state index is 2.40. The number of rotatable bonds is 5. The average molecular weight is 510 g/mol. The topological polar surface area (TPSA) is 0 Å². The van der Waals surface area contributed by atoms with Gasteiger partial charge in [-0.2, -0.15) is 6.07 Å². The molecular formula is C24H31Cl2SiZr-. The van der Waals surface area contributed by atoms with Gasteiger partial charge in [-0.25, -0.2) is 0 Å². The van der Waals surface area contributed by atoms with Crippen LogP contribution in [0.15, 0.2) is 54.6 Å².